The monoisotopic (exact) mass is 236 g/mol. The van der Waals surface area contributed by atoms with E-state index in [9.17, 15) is 4.79 Å². The number of carbonyl (C=O) groups excluding carboxylic acids is 1. The molecule has 1 aliphatic heterocycles. The van der Waals surface area contributed by atoms with Crippen molar-refractivity contribution in [1.29, 1.82) is 0 Å². The first-order valence-electron chi connectivity index (χ1n) is 5.74. The van der Waals surface area contributed by atoms with Crippen LogP contribution in [0.4, 0.5) is 4.79 Å². The second-order valence-electron chi connectivity index (χ2n) is 4.06. The maximum absolute atomic E-state index is 11.7. The fourth-order valence-electron chi connectivity index (χ4n) is 2.00. The van der Waals surface area contributed by atoms with Gasteiger partial charge in [0, 0.05) is 31.5 Å². The topological polar surface area (TPSA) is 62.7 Å². The number of cyclic esters (lactones) is 1. The largest absolute Gasteiger partial charge is 0.449 e. The van der Waals surface area contributed by atoms with Gasteiger partial charge in [-0.3, -0.25) is 4.98 Å². The minimum atomic E-state index is -0.307. The number of pyridine rings is 1. The number of aromatic nitrogens is 1. The number of rotatable bonds is 4. The summed E-state index contributed by atoms with van der Waals surface area (Å²) in [5, 5.41) is 9.00. The van der Waals surface area contributed by atoms with Gasteiger partial charge >= 0.3 is 6.09 Å². The quantitative estimate of drug-likeness (QED) is 0.852. The van der Waals surface area contributed by atoms with Gasteiger partial charge in [0.1, 0.15) is 0 Å². The lowest BCUT2D eigenvalue weighted by Crippen LogP contribution is -2.45. The molecule has 0 bridgehead atoms. The molecule has 1 N–H and O–H groups in total. The third-order valence-corrected chi connectivity index (χ3v) is 2.89. The van der Waals surface area contributed by atoms with Crippen LogP contribution in [0.25, 0.3) is 0 Å². The lowest BCUT2D eigenvalue weighted by Gasteiger charge is -2.34. The first-order chi connectivity index (χ1) is 8.31. The molecule has 1 saturated heterocycles. The van der Waals surface area contributed by atoms with Crippen LogP contribution in [0.3, 0.4) is 0 Å². The van der Waals surface area contributed by atoms with E-state index in [4.69, 9.17) is 9.84 Å². The molecule has 1 aromatic heterocycles. The highest BCUT2D eigenvalue weighted by atomic mass is 16.6. The molecule has 2 rings (SSSR count). The summed E-state index contributed by atoms with van der Waals surface area (Å²) in [6.07, 6.45) is 4.49. The molecule has 0 radical (unpaired) electrons. The summed E-state index contributed by atoms with van der Waals surface area (Å²) in [4.78, 5) is 17.4. The van der Waals surface area contributed by atoms with Crippen molar-refractivity contribution in [3.63, 3.8) is 0 Å². The molecule has 0 aliphatic carbocycles. The number of ether oxygens (including phenoxy) is 1. The van der Waals surface area contributed by atoms with Crippen molar-refractivity contribution in [3.8, 4) is 0 Å². The van der Waals surface area contributed by atoms with Gasteiger partial charge in [-0.25, -0.2) is 4.79 Å². The van der Waals surface area contributed by atoms with E-state index in [0.717, 1.165) is 12.0 Å². The van der Waals surface area contributed by atoms with Gasteiger partial charge < -0.3 is 14.7 Å². The van der Waals surface area contributed by atoms with Gasteiger partial charge in [-0.1, -0.05) is 6.07 Å². The Morgan fingerprint density at radius 3 is 3.18 bits per heavy atom. The number of hydrogen-bond acceptors (Lipinski definition) is 4. The molecule has 2 heterocycles. The van der Waals surface area contributed by atoms with Gasteiger partial charge in [-0.05, 0) is 18.1 Å². The highest BCUT2D eigenvalue weighted by Gasteiger charge is 2.29. The normalized spacial score (nSPS) is 20.2. The van der Waals surface area contributed by atoms with E-state index >= 15 is 0 Å². The van der Waals surface area contributed by atoms with E-state index in [0.29, 0.717) is 19.6 Å². The summed E-state index contributed by atoms with van der Waals surface area (Å²) in [6, 6.07) is 3.82. The van der Waals surface area contributed by atoms with Crippen LogP contribution in [-0.2, 0) is 11.3 Å². The van der Waals surface area contributed by atoms with Gasteiger partial charge in [0.2, 0.25) is 0 Å². The van der Waals surface area contributed by atoms with Crippen LogP contribution in [0.15, 0.2) is 24.5 Å². The molecule has 5 nitrogen and oxygen atoms in total. The highest BCUT2D eigenvalue weighted by Crippen LogP contribution is 2.19. The molecular weight excluding hydrogens is 220 g/mol. The number of aliphatic hydroxyl groups excluding tert-OH is 1. The molecule has 1 amide bonds. The Bertz CT molecular complexity index is 367. The van der Waals surface area contributed by atoms with E-state index in [-0.39, 0.29) is 18.7 Å². The number of aliphatic hydroxyl groups is 1. The van der Waals surface area contributed by atoms with E-state index < -0.39 is 0 Å². The van der Waals surface area contributed by atoms with Gasteiger partial charge in [-0.15, -0.1) is 0 Å². The van der Waals surface area contributed by atoms with E-state index in [1.54, 1.807) is 17.3 Å². The predicted octanol–water partition coefficient (Wildman–Crippen LogP) is 1.17. The summed E-state index contributed by atoms with van der Waals surface area (Å²) in [5.74, 6) is 0. The van der Waals surface area contributed by atoms with Crippen molar-refractivity contribution in [2.24, 2.45) is 0 Å². The maximum atomic E-state index is 11.7. The summed E-state index contributed by atoms with van der Waals surface area (Å²) < 4.78 is 5.02. The minimum Gasteiger partial charge on any atom is -0.449 e. The Hall–Kier alpha value is -1.62. The molecule has 92 valence electrons. The molecule has 0 spiro atoms. The Kier molecular flexibility index (Phi) is 3.93. The summed E-state index contributed by atoms with van der Waals surface area (Å²) in [5.41, 5.74) is 0.967. The van der Waals surface area contributed by atoms with Crippen molar-refractivity contribution in [3.05, 3.63) is 30.1 Å². The first kappa shape index (κ1) is 11.9. The molecule has 0 saturated carbocycles. The first-order valence-corrected chi connectivity index (χ1v) is 5.74. The minimum absolute atomic E-state index is 0.0569. The van der Waals surface area contributed by atoms with Gasteiger partial charge in [0.15, 0.2) is 0 Å². The average molecular weight is 236 g/mol. The molecule has 1 unspecified atom stereocenters. The van der Waals surface area contributed by atoms with Crippen molar-refractivity contribution in [2.75, 3.05) is 13.2 Å². The molecule has 17 heavy (non-hydrogen) atoms. The van der Waals surface area contributed by atoms with E-state index in [1.807, 2.05) is 12.1 Å². The zero-order chi connectivity index (χ0) is 12.1. The van der Waals surface area contributed by atoms with Crippen LogP contribution in [-0.4, -0.2) is 40.3 Å². The van der Waals surface area contributed by atoms with Crippen LogP contribution in [0.1, 0.15) is 18.4 Å². The van der Waals surface area contributed by atoms with Crippen LogP contribution < -0.4 is 0 Å². The predicted molar refractivity (Wildman–Crippen MR) is 61.2 cm³/mol. The van der Waals surface area contributed by atoms with Crippen molar-refractivity contribution in [1.82, 2.24) is 9.88 Å². The van der Waals surface area contributed by atoms with Crippen molar-refractivity contribution < 1.29 is 14.6 Å². The third-order valence-electron chi connectivity index (χ3n) is 2.89. The zero-order valence-corrected chi connectivity index (χ0v) is 9.58. The molecular formula is C12H16N2O3. The number of amides is 1. The van der Waals surface area contributed by atoms with Crippen molar-refractivity contribution in [2.45, 2.75) is 25.4 Å². The smallest absolute Gasteiger partial charge is 0.410 e. The Balaban J connectivity index is 2.07. The van der Waals surface area contributed by atoms with Crippen LogP contribution in [0.2, 0.25) is 0 Å². The number of nitrogens with zero attached hydrogens (tertiary/aromatic N) is 2. The van der Waals surface area contributed by atoms with Gasteiger partial charge in [0.25, 0.3) is 0 Å². The summed E-state index contributed by atoms with van der Waals surface area (Å²) in [7, 11) is 0. The SMILES string of the molecule is O=C1OCCC(CCO)N1Cc1cccnc1. The molecule has 1 aromatic rings. The van der Waals surface area contributed by atoms with Gasteiger partial charge in [0.05, 0.1) is 13.2 Å². The molecule has 1 aliphatic rings. The Labute approximate surface area is 100 Å². The number of hydrogen-bond donors (Lipinski definition) is 1. The van der Waals surface area contributed by atoms with Crippen LogP contribution >= 0.6 is 0 Å². The standard InChI is InChI=1S/C12H16N2O3/c15-6-3-11-4-7-17-12(16)14(11)9-10-2-1-5-13-8-10/h1-2,5,8,11,15H,3-4,6-7,9H2. The van der Waals surface area contributed by atoms with Crippen LogP contribution in [0.5, 0.6) is 0 Å². The Morgan fingerprint density at radius 1 is 1.59 bits per heavy atom. The summed E-state index contributed by atoms with van der Waals surface area (Å²) in [6.45, 7) is 1.01. The Morgan fingerprint density at radius 2 is 2.47 bits per heavy atom. The van der Waals surface area contributed by atoms with Crippen LogP contribution in [0, 0.1) is 0 Å². The molecule has 1 atom stereocenters. The third kappa shape index (κ3) is 2.94. The van der Waals surface area contributed by atoms with Crippen molar-refractivity contribution >= 4 is 6.09 Å². The second kappa shape index (κ2) is 5.63. The zero-order valence-electron chi connectivity index (χ0n) is 9.58. The lowest BCUT2D eigenvalue weighted by molar-refractivity contribution is 0.0331. The van der Waals surface area contributed by atoms with Gasteiger partial charge in [-0.2, -0.15) is 0 Å². The van der Waals surface area contributed by atoms with E-state index in [2.05, 4.69) is 4.98 Å². The number of carbonyl (C=O) groups is 1. The lowest BCUT2D eigenvalue weighted by atomic mass is 10.1. The second-order valence-corrected chi connectivity index (χ2v) is 4.06. The average Bonchev–Trinajstić information content (AvgIpc) is 2.35. The van der Waals surface area contributed by atoms with E-state index in [1.165, 1.54) is 0 Å². The maximum Gasteiger partial charge on any atom is 0.410 e. The highest BCUT2D eigenvalue weighted by molar-refractivity contribution is 5.68. The fourth-order valence-corrected chi connectivity index (χ4v) is 2.00. The molecule has 0 aromatic carbocycles. The summed E-state index contributed by atoms with van der Waals surface area (Å²) >= 11 is 0. The molecule has 1 fully saturated rings. The fraction of sp³-hybridized carbons (Fsp3) is 0.500. The molecule has 5 heteroatoms.